The molecule has 0 amide bonds. The molecule has 2 N–H and O–H groups in total. The molecule has 0 bridgehead atoms. The van der Waals surface area contributed by atoms with Crippen LogP contribution in [0.3, 0.4) is 0 Å². The van der Waals surface area contributed by atoms with Crippen molar-refractivity contribution in [2.24, 2.45) is 0 Å². The normalized spacial score (nSPS) is 16.3. The molecule has 1 aliphatic rings. The maximum atomic E-state index is 10.4. The Morgan fingerprint density at radius 1 is 1.00 bits per heavy atom. The predicted octanol–water partition coefficient (Wildman–Crippen LogP) is 7.29. The number of benzene rings is 3. The molecule has 0 aliphatic carbocycles. The molecule has 1 heterocycles. The predicted molar refractivity (Wildman–Crippen MR) is 179 cm³/mol. The molecule has 4 nitrogen and oxygen atoms in total. The van der Waals surface area contributed by atoms with E-state index in [9.17, 15) is 10.1 Å². The van der Waals surface area contributed by atoms with Gasteiger partial charge in [0, 0.05) is 6.32 Å². The summed E-state index contributed by atoms with van der Waals surface area (Å²) in [6.45, 7) is 13.9. The van der Waals surface area contributed by atoms with Crippen molar-refractivity contribution in [3.05, 3.63) is 120 Å². The SMILES string of the molecule is C=C(CO[Si](c1ccccc1)(c1ccccc1)C(C)(C)C)C1=CCB(O)OC1CC/C(=C/c1cccc(O)c1)CCC. The van der Waals surface area contributed by atoms with Crippen LogP contribution in [0, 0.1) is 0 Å². The second-order valence-electron chi connectivity index (χ2n) is 12.2. The van der Waals surface area contributed by atoms with Crippen LogP contribution in [0.2, 0.25) is 11.4 Å². The summed E-state index contributed by atoms with van der Waals surface area (Å²) < 4.78 is 13.3. The van der Waals surface area contributed by atoms with E-state index in [1.807, 2.05) is 12.1 Å². The first-order valence-corrected chi connectivity index (χ1v) is 17.0. The highest BCUT2D eigenvalue weighted by Crippen LogP contribution is 2.38. The average Bonchev–Trinajstić information content (AvgIpc) is 2.97. The van der Waals surface area contributed by atoms with Crippen molar-refractivity contribution in [1.82, 2.24) is 0 Å². The van der Waals surface area contributed by atoms with Gasteiger partial charge in [0.05, 0.1) is 12.7 Å². The lowest BCUT2D eigenvalue weighted by molar-refractivity contribution is 0.180. The fourth-order valence-corrected chi connectivity index (χ4v) is 10.6. The largest absolute Gasteiger partial charge is 0.508 e. The molecule has 4 rings (SSSR count). The number of allylic oxidation sites excluding steroid dienone is 2. The fourth-order valence-electron chi connectivity index (χ4n) is 6.07. The Morgan fingerprint density at radius 2 is 1.64 bits per heavy atom. The Bertz CT molecular complexity index is 1340. The van der Waals surface area contributed by atoms with Crippen molar-refractivity contribution in [3.63, 3.8) is 0 Å². The van der Waals surface area contributed by atoms with Gasteiger partial charge in [-0.1, -0.05) is 131 Å². The Balaban J connectivity index is 1.57. The van der Waals surface area contributed by atoms with Crippen molar-refractivity contribution >= 4 is 31.9 Å². The number of hydrogen-bond acceptors (Lipinski definition) is 4. The number of aromatic hydroxyl groups is 1. The molecule has 1 unspecified atom stereocenters. The summed E-state index contributed by atoms with van der Waals surface area (Å²) in [5.41, 5.74) is 4.20. The molecule has 42 heavy (non-hydrogen) atoms. The van der Waals surface area contributed by atoms with Gasteiger partial charge in [0.2, 0.25) is 0 Å². The third-order valence-corrected chi connectivity index (χ3v) is 13.0. The van der Waals surface area contributed by atoms with Crippen LogP contribution in [0.5, 0.6) is 5.75 Å². The van der Waals surface area contributed by atoms with Crippen LogP contribution in [-0.2, 0) is 9.08 Å². The molecule has 0 aromatic heterocycles. The maximum absolute atomic E-state index is 10.4. The topological polar surface area (TPSA) is 58.9 Å². The lowest BCUT2D eigenvalue weighted by Gasteiger charge is -2.43. The van der Waals surface area contributed by atoms with Crippen molar-refractivity contribution in [3.8, 4) is 5.75 Å². The maximum Gasteiger partial charge on any atom is 0.458 e. The van der Waals surface area contributed by atoms with E-state index in [0.29, 0.717) is 12.9 Å². The third kappa shape index (κ3) is 7.61. The van der Waals surface area contributed by atoms with Crippen molar-refractivity contribution < 1.29 is 19.2 Å². The summed E-state index contributed by atoms with van der Waals surface area (Å²) in [4.78, 5) is 0. The second kappa shape index (κ2) is 14.3. The first-order valence-electron chi connectivity index (χ1n) is 15.1. The van der Waals surface area contributed by atoms with Crippen LogP contribution in [0.25, 0.3) is 6.08 Å². The van der Waals surface area contributed by atoms with Gasteiger partial charge in [-0.15, -0.1) is 0 Å². The lowest BCUT2D eigenvalue weighted by Crippen LogP contribution is -2.66. The number of rotatable bonds is 12. The van der Waals surface area contributed by atoms with E-state index in [-0.39, 0.29) is 16.9 Å². The van der Waals surface area contributed by atoms with Crippen LogP contribution < -0.4 is 10.4 Å². The molecule has 0 radical (unpaired) electrons. The number of hydrogen-bond donors (Lipinski definition) is 2. The highest BCUT2D eigenvalue weighted by atomic mass is 28.4. The molecule has 0 fully saturated rings. The van der Waals surface area contributed by atoms with Gasteiger partial charge >= 0.3 is 7.12 Å². The van der Waals surface area contributed by atoms with E-state index in [2.05, 4.69) is 107 Å². The fraction of sp³-hybridized carbons (Fsp3) is 0.333. The first kappa shape index (κ1) is 31.8. The molecule has 1 atom stereocenters. The summed E-state index contributed by atoms with van der Waals surface area (Å²) >= 11 is 0. The lowest BCUT2D eigenvalue weighted by atomic mass is 9.78. The Kier molecular flexibility index (Phi) is 10.8. The minimum Gasteiger partial charge on any atom is -0.508 e. The van der Waals surface area contributed by atoms with Crippen molar-refractivity contribution in [1.29, 1.82) is 0 Å². The summed E-state index contributed by atoms with van der Waals surface area (Å²) in [7, 11) is -3.54. The van der Waals surface area contributed by atoms with Gasteiger partial charge in [-0.05, 0) is 63.5 Å². The van der Waals surface area contributed by atoms with Crippen molar-refractivity contribution in [2.75, 3.05) is 6.61 Å². The van der Waals surface area contributed by atoms with E-state index in [1.165, 1.54) is 15.9 Å². The number of phenols is 1. The zero-order chi connectivity index (χ0) is 30.2. The van der Waals surface area contributed by atoms with Gasteiger partial charge in [-0.25, -0.2) is 0 Å². The van der Waals surface area contributed by atoms with Gasteiger partial charge < -0.3 is 19.2 Å². The van der Waals surface area contributed by atoms with Crippen LogP contribution in [0.15, 0.2) is 114 Å². The van der Waals surface area contributed by atoms with Crippen LogP contribution in [0.4, 0.5) is 0 Å². The van der Waals surface area contributed by atoms with Crippen LogP contribution >= 0.6 is 0 Å². The molecule has 0 saturated carbocycles. The first-order chi connectivity index (χ1) is 20.1. The van der Waals surface area contributed by atoms with Crippen molar-refractivity contribution in [2.45, 2.75) is 70.8 Å². The highest BCUT2D eigenvalue weighted by Gasteiger charge is 2.50. The minimum atomic E-state index is -2.71. The molecule has 1 aliphatic heterocycles. The second-order valence-corrected chi connectivity index (χ2v) is 16.5. The molecular weight excluding hydrogens is 535 g/mol. The molecular formula is C36H45BO4Si. The summed E-state index contributed by atoms with van der Waals surface area (Å²) in [5.74, 6) is 0.265. The molecule has 3 aromatic carbocycles. The molecule has 220 valence electrons. The Hall–Kier alpha value is -3.16. The van der Waals surface area contributed by atoms with Gasteiger partial charge in [0.1, 0.15) is 5.75 Å². The zero-order valence-corrected chi connectivity index (χ0v) is 26.6. The summed E-state index contributed by atoms with van der Waals surface area (Å²) in [6, 6.07) is 28.6. The monoisotopic (exact) mass is 580 g/mol. The van der Waals surface area contributed by atoms with Gasteiger partial charge in [0.15, 0.2) is 0 Å². The van der Waals surface area contributed by atoms with Crippen LogP contribution in [0.1, 0.15) is 58.9 Å². The summed E-state index contributed by atoms with van der Waals surface area (Å²) in [5, 5.41) is 22.7. The van der Waals surface area contributed by atoms with Crippen LogP contribution in [-0.4, -0.2) is 38.3 Å². The smallest absolute Gasteiger partial charge is 0.458 e. The van der Waals surface area contributed by atoms with E-state index >= 15 is 0 Å². The molecule has 0 saturated heterocycles. The zero-order valence-electron chi connectivity index (χ0n) is 25.6. The van der Waals surface area contributed by atoms with E-state index in [4.69, 9.17) is 9.08 Å². The number of phenolic OH excluding ortho intramolecular Hbond substituents is 1. The minimum absolute atomic E-state index is 0.130. The van der Waals surface area contributed by atoms with E-state index < -0.39 is 15.4 Å². The molecule has 6 heteroatoms. The van der Waals surface area contributed by atoms with E-state index in [0.717, 1.165) is 42.4 Å². The molecule has 3 aromatic rings. The Morgan fingerprint density at radius 3 is 2.21 bits per heavy atom. The van der Waals surface area contributed by atoms with Gasteiger partial charge in [-0.3, -0.25) is 0 Å². The average molecular weight is 581 g/mol. The van der Waals surface area contributed by atoms with Gasteiger partial charge in [0.25, 0.3) is 8.32 Å². The Labute approximate surface area is 253 Å². The third-order valence-electron chi connectivity index (χ3n) is 8.04. The summed E-state index contributed by atoms with van der Waals surface area (Å²) in [6.07, 6.45) is 7.94. The molecule has 0 spiro atoms. The van der Waals surface area contributed by atoms with E-state index in [1.54, 1.807) is 12.1 Å². The quantitative estimate of drug-likeness (QED) is 0.221. The standard InChI is InChI=1S/C36H45BO4Si/c1-6-14-29(25-30-15-13-16-31(38)26-30)21-22-35-34(23-24-37(39)41-35)28(2)27-40-42(36(3,4)5,32-17-9-7-10-18-32)33-19-11-8-12-20-33/h7-13,15-20,23,25-26,35,38-39H,2,6,14,21-22,24,27H2,1,3-5H3/b29-25+. The highest BCUT2D eigenvalue weighted by molar-refractivity contribution is 6.99. The van der Waals surface area contributed by atoms with Gasteiger partial charge in [-0.2, -0.15) is 0 Å².